The Balaban J connectivity index is 1.63. The number of nitro benzene ring substituents is 1. The fourth-order valence-corrected chi connectivity index (χ4v) is 3.26. The van der Waals surface area contributed by atoms with Crippen molar-refractivity contribution in [2.45, 2.75) is 12.8 Å². The van der Waals surface area contributed by atoms with E-state index in [4.69, 9.17) is 11.6 Å². The number of ketones is 1. The Labute approximate surface area is 155 Å². The molecule has 134 valence electrons. The predicted molar refractivity (Wildman–Crippen MR) is 97.5 cm³/mol. The summed E-state index contributed by atoms with van der Waals surface area (Å²) in [5.74, 6) is -0.319. The summed E-state index contributed by atoms with van der Waals surface area (Å²) in [6.07, 6.45) is 1.14. The highest BCUT2D eigenvalue weighted by Crippen LogP contribution is 2.24. The van der Waals surface area contributed by atoms with Crippen LogP contribution in [0.4, 0.5) is 5.69 Å². The number of hydrogen-bond acceptors (Lipinski definition) is 4. The van der Waals surface area contributed by atoms with Gasteiger partial charge in [-0.3, -0.25) is 19.7 Å². The van der Waals surface area contributed by atoms with Crippen molar-refractivity contribution in [3.8, 4) is 0 Å². The number of carbonyl (C=O) groups is 2. The molecule has 1 amide bonds. The minimum absolute atomic E-state index is 0.0594. The molecule has 2 aromatic carbocycles. The van der Waals surface area contributed by atoms with Crippen LogP contribution >= 0.6 is 11.6 Å². The first-order valence-corrected chi connectivity index (χ1v) is 8.67. The highest BCUT2D eigenvalue weighted by molar-refractivity contribution is 6.30. The van der Waals surface area contributed by atoms with Crippen LogP contribution in [0.3, 0.4) is 0 Å². The molecule has 0 aromatic heterocycles. The van der Waals surface area contributed by atoms with Gasteiger partial charge < -0.3 is 4.90 Å². The van der Waals surface area contributed by atoms with Crippen LogP contribution in [0.1, 0.15) is 33.6 Å². The minimum Gasteiger partial charge on any atom is -0.339 e. The summed E-state index contributed by atoms with van der Waals surface area (Å²) in [4.78, 5) is 37.1. The van der Waals surface area contributed by atoms with Gasteiger partial charge in [-0.25, -0.2) is 0 Å². The Bertz CT molecular complexity index is 843. The van der Waals surface area contributed by atoms with Gasteiger partial charge in [-0.15, -0.1) is 0 Å². The lowest BCUT2D eigenvalue weighted by Crippen LogP contribution is -2.40. The second kappa shape index (κ2) is 7.66. The number of nitrogens with zero attached hydrogens (tertiary/aromatic N) is 2. The largest absolute Gasteiger partial charge is 0.339 e. The van der Waals surface area contributed by atoms with E-state index >= 15 is 0 Å². The fraction of sp³-hybridized carbons (Fsp3) is 0.263. The second-order valence-corrected chi connectivity index (χ2v) is 6.68. The number of Topliss-reactive ketones (excluding diaryl/α,β-unsaturated/α-hetero) is 1. The van der Waals surface area contributed by atoms with E-state index in [-0.39, 0.29) is 23.3 Å². The summed E-state index contributed by atoms with van der Waals surface area (Å²) in [6.45, 7) is 0.900. The van der Waals surface area contributed by atoms with Crippen LogP contribution in [-0.2, 0) is 0 Å². The quantitative estimate of drug-likeness (QED) is 0.461. The molecule has 1 aliphatic rings. The number of likely N-dealkylation sites (tertiary alicyclic amines) is 1. The molecule has 1 aliphatic heterocycles. The molecular formula is C19H17ClN2O4. The van der Waals surface area contributed by atoms with E-state index < -0.39 is 4.92 Å². The molecule has 7 heteroatoms. The minimum atomic E-state index is -0.520. The van der Waals surface area contributed by atoms with E-state index in [1.807, 2.05) is 0 Å². The molecule has 1 heterocycles. The van der Waals surface area contributed by atoms with Gasteiger partial charge in [0.15, 0.2) is 5.78 Å². The van der Waals surface area contributed by atoms with Gasteiger partial charge in [-0.05, 0) is 43.2 Å². The molecule has 1 saturated heterocycles. The third-order valence-corrected chi connectivity index (χ3v) is 4.84. The number of nitro groups is 1. The number of hydrogen-bond donors (Lipinski definition) is 0. The summed E-state index contributed by atoms with van der Waals surface area (Å²) in [5.41, 5.74) is 0.809. The maximum atomic E-state index is 12.6. The van der Waals surface area contributed by atoms with Gasteiger partial charge in [0, 0.05) is 47.3 Å². The molecule has 0 saturated carbocycles. The first kappa shape index (κ1) is 18.1. The Morgan fingerprint density at radius 3 is 2.31 bits per heavy atom. The van der Waals surface area contributed by atoms with Crippen molar-refractivity contribution in [1.29, 1.82) is 0 Å². The van der Waals surface area contributed by atoms with E-state index in [1.165, 1.54) is 18.2 Å². The van der Waals surface area contributed by atoms with Gasteiger partial charge in [0.1, 0.15) is 0 Å². The average molecular weight is 373 g/mol. The number of piperidine rings is 1. The van der Waals surface area contributed by atoms with Gasteiger partial charge in [-0.2, -0.15) is 0 Å². The number of halogens is 1. The number of rotatable bonds is 4. The highest BCUT2D eigenvalue weighted by atomic mass is 35.5. The molecule has 3 rings (SSSR count). The van der Waals surface area contributed by atoms with Gasteiger partial charge in [0.25, 0.3) is 11.6 Å². The van der Waals surface area contributed by atoms with Crippen LogP contribution in [0.5, 0.6) is 0 Å². The third kappa shape index (κ3) is 3.91. The number of benzene rings is 2. The summed E-state index contributed by atoms with van der Waals surface area (Å²) >= 11 is 5.85. The van der Waals surface area contributed by atoms with Gasteiger partial charge in [0.05, 0.1) is 4.92 Å². The topological polar surface area (TPSA) is 80.5 Å². The highest BCUT2D eigenvalue weighted by Gasteiger charge is 2.28. The molecule has 0 bridgehead atoms. The zero-order valence-corrected chi connectivity index (χ0v) is 14.7. The summed E-state index contributed by atoms with van der Waals surface area (Å²) in [7, 11) is 0. The smallest absolute Gasteiger partial charge is 0.270 e. The van der Waals surface area contributed by atoms with Crippen LogP contribution < -0.4 is 0 Å². The van der Waals surface area contributed by atoms with Crippen molar-refractivity contribution in [1.82, 2.24) is 4.90 Å². The van der Waals surface area contributed by atoms with Crippen molar-refractivity contribution in [3.05, 3.63) is 74.8 Å². The second-order valence-electron chi connectivity index (χ2n) is 6.25. The molecule has 6 nitrogen and oxygen atoms in total. The molecule has 2 aromatic rings. The van der Waals surface area contributed by atoms with Crippen molar-refractivity contribution < 1.29 is 14.5 Å². The van der Waals surface area contributed by atoms with E-state index in [0.29, 0.717) is 42.1 Å². The van der Waals surface area contributed by atoms with Crippen LogP contribution in [0.25, 0.3) is 0 Å². The van der Waals surface area contributed by atoms with E-state index in [0.717, 1.165) is 0 Å². The van der Waals surface area contributed by atoms with Crippen molar-refractivity contribution >= 4 is 29.0 Å². The maximum Gasteiger partial charge on any atom is 0.270 e. The molecule has 0 spiro atoms. The lowest BCUT2D eigenvalue weighted by atomic mass is 9.88. The van der Waals surface area contributed by atoms with Crippen molar-refractivity contribution in [2.75, 3.05) is 13.1 Å². The zero-order valence-electron chi connectivity index (χ0n) is 13.9. The zero-order chi connectivity index (χ0) is 18.7. The Kier molecular flexibility index (Phi) is 5.32. The normalized spacial score (nSPS) is 14.9. The lowest BCUT2D eigenvalue weighted by molar-refractivity contribution is -0.384. The third-order valence-electron chi connectivity index (χ3n) is 4.59. The van der Waals surface area contributed by atoms with E-state index in [2.05, 4.69) is 0 Å². The molecular weight excluding hydrogens is 356 g/mol. The van der Waals surface area contributed by atoms with Gasteiger partial charge in [-0.1, -0.05) is 17.7 Å². The first-order chi connectivity index (χ1) is 12.5. The van der Waals surface area contributed by atoms with E-state index in [9.17, 15) is 19.7 Å². The predicted octanol–water partition coefficient (Wildman–Crippen LogP) is 3.98. The van der Waals surface area contributed by atoms with Crippen LogP contribution in [-0.4, -0.2) is 34.6 Å². The molecule has 0 unspecified atom stereocenters. The summed E-state index contributed by atoms with van der Waals surface area (Å²) < 4.78 is 0. The summed E-state index contributed by atoms with van der Waals surface area (Å²) in [6, 6.07) is 12.5. The molecule has 26 heavy (non-hydrogen) atoms. The average Bonchev–Trinajstić information content (AvgIpc) is 2.67. The number of non-ortho nitro benzene ring substituents is 1. The van der Waals surface area contributed by atoms with Gasteiger partial charge >= 0.3 is 0 Å². The first-order valence-electron chi connectivity index (χ1n) is 8.29. The molecule has 0 radical (unpaired) electrons. The van der Waals surface area contributed by atoms with Crippen LogP contribution in [0.2, 0.25) is 5.02 Å². The number of amides is 1. The SMILES string of the molecule is O=C(c1ccc(Cl)cc1)C1CCN(C(=O)c2cccc([N+](=O)[O-])c2)CC1. The van der Waals surface area contributed by atoms with E-state index in [1.54, 1.807) is 35.2 Å². The fourth-order valence-electron chi connectivity index (χ4n) is 3.13. The van der Waals surface area contributed by atoms with Gasteiger partial charge in [0.2, 0.25) is 0 Å². The molecule has 0 aliphatic carbocycles. The number of carbonyl (C=O) groups excluding carboxylic acids is 2. The lowest BCUT2D eigenvalue weighted by Gasteiger charge is -2.31. The van der Waals surface area contributed by atoms with Crippen LogP contribution in [0.15, 0.2) is 48.5 Å². The van der Waals surface area contributed by atoms with Crippen molar-refractivity contribution in [2.24, 2.45) is 5.92 Å². The monoisotopic (exact) mass is 372 g/mol. The molecule has 1 fully saturated rings. The summed E-state index contributed by atoms with van der Waals surface area (Å²) in [5, 5.41) is 11.4. The Morgan fingerprint density at radius 2 is 1.69 bits per heavy atom. The standard InChI is InChI=1S/C19H17ClN2O4/c20-16-6-4-13(5-7-16)18(23)14-8-10-21(11-9-14)19(24)15-2-1-3-17(12-15)22(25)26/h1-7,12,14H,8-11H2. The Morgan fingerprint density at radius 1 is 1.04 bits per heavy atom. The molecule has 0 atom stereocenters. The van der Waals surface area contributed by atoms with Crippen LogP contribution in [0, 0.1) is 16.0 Å². The van der Waals surface area contributed by atoms with Crippen molar-refractivity contribution in [3.63, 3.8) is 0 Å². The maximum absolute atomic E-state index is 12.6. The Hall–Kier alpha value is -2.73. The molecule has 0 N–H and O–H groups in total.